The molecule has 0 unspecified atom stereocenters. The fourth-order valence-electron chi connectivity index (χ4n) is 5.84. The second kappa shape index (κ2) is 11.0. The Kier molecular flexibility index (Phi) is 7.88. The first kappa shape index (κ1) is 27.8. The molecule has 0 radical (unpaired) electrons. The lowest BCUT2D eigenvalue weighted by Gasteiger charge is -2.47. The van der Waals surface area contributed by atoms with Crippen LogP contribution in [0.25, 0.3) is 11.1 Å². The van der Waals surface area contributed by atoms with Crippen LogP contribution in [0.4, 0.5) is 22.0 Å². The molecule has 5 nitrogen and oxygen atoms in total. The molecule has 1 saturated carbocycles. The quantitative estimate of drug-likeness (QED) is 0.451. The van der Waals surface area contributed by atoms with Gasteiger partial charge < -0.3 is 19.6 Å². The summed E-state index contributed by atoms with van der Waals surface area (Å²) in [6.45, 7) is 1.99. The molecule has 2 aromatic rings. The predicted molar refractivity (Wildman–Crippen MR) is 135 cm³/mol. The van der Waals surface area contributed by atoms with Gasteiger partial charge in [0.1, 0.15) is 5.82 Å². The van der Waals surface area contributed by atoms with Gasteiger partial charge in [-0.05, 0) is 86.5 Å². The van der Waals surface area contributed by atoms with Crippen molar-refractivity contribution in [2.45, 2.75) is 50.8 Å². The molecule has 1 atom stereocenters. The number of alkyl halides is 3. The van der Waals surface area contributed by atoms with Crippen molar-refractivity contribution in [1.29, 1.82) is 0 Å². The van der Waals surface area contributed by atoms with E-state index in [0.29, 0.717) is 56.4 Å². The van der Waals surface area contributed by atoms with Crippen LogP contribution < -0.4 is 4.74 Å². The first-order valence-electron chi connectivity index (χ1n) is 13.5. The van der Waals surface area contributed by atoms with E-state index in [-0.39, 0.29) is 49.8 Å². The fourth-order valence-corrected chi connectivity index (χ4v) is 5.84. The summed E-state index contributed by atoms with van der Waals surface area (Å²) >= 11 is 0. The number of β-amino-alcohol motifs (C(OH)–C–C–N with tert-alkyl or cyclic N) is 1. The Labute approximate surface area is 224 Å². The molecular weight excluding hydrogens is 519 g/mol. The molecule has 3 aliphatic rings. The summed E-state index contributed by atoms with van der Waals surface area (Å²) in [7, 11) is 0. The third-order valence-electron chi connectivity index (χ3n) is 8.54. The van der Waals surface area contributed by atoms with Gasteiger partial charge in [0, 0.05) is 19.6 Å². The normalized spacial score (nSPS) is 22.1. The lowest BCUT2D eigenvalue weighted by molar-refractivity contribution is -0.256. The molecule has 1 N–H and O–H groups in total. The minimum atomic E-state index is -4.17. The zero-order chi connectivity index (χ0) is 27.8. The molecule has 0 aromatic heterocycles. The Balaban J connectivity index is 1.14. The monoisotopic (exact) mass is 552 g/mol. The minimum absolute atomic E-state index is 0.0529. The van der Waals surface area contributed by atoms with Gasteiger partial charge in [0.2, 0.25) is 0 Å². The zero-order valence-corrected chi connectivity index (χ0v) is 21.7. The van der Waals surface area contributed by atoms with Crippen LogP contribution in [0.3, 0.4) is 0 Å². The van der Waals surface area contributed by atoms with E-state index in [1.54, 1.807) is 12.1 Å². The third-order valence-corrected chi connectivity index (χ3v) is 8.54. The van der Waals surface area contributed by atoms with Crippen molar-refractivity contribution >= 4 is 5.91 Å². The summed E-state index contributed by atoms with van der Waals surface area (Å²) in [4.78, 5) is 15.9. The van der Waals surface area contributed by atoms with Crippen molar-refractivity contribution in [3.63, 3.8) is 0 Å². The Morgan fingerprint density at radius 2 is 1.64 bits per heavy atom. The Morgan fingerprint density at radius 1 is 0.974 bits per heavy atom. The average Bonchev–Trinajstić information content (AvgIpc) is 3.31. The number of carbonyl (C=O) groups is 1. The number of aliphatic hydroxyl groups excluding tert-OH is 1. The molecule has 39 heavy (non-hydrogen) atoms. The van der Waals surface area contributed by atoms with Crippen LogP contribution in [0.5, 0.6) is 5.75 Å². The number of likely N-dealkylation sites (tertiary alicyclic amines) is 2. The van der Waals surface area contributed by atoms with Crippen molar-refractivity contribution in [3.8, 4) is 16.9 Å². The van der Waals surface area contributed by atoms with Crippen LogP contribution in [0, 0.1) is 23.0 Å². The maximum atomic E-state index is 14.8. The highest BCUT2D eigenvalue weighted by Gasteiger charge is 2.58. The lowest BCUT2D eigenvalue weighted by Crippen LogP contribution is -2.53. The van der Waals surface area contributed by atoms with Gasteiger partial charge in [-0.1, -0.05) is 18.6 Å². The minimum Gasteiger partial charge on any atom is -0.490 e. The summed E-state index contributed by atoms with van der Waals surface area (Å²) < 4.78 is 75.8. The van der Waals surface area contributed by atoms with Crippen LogP contribution in [0.2, 0.25) is 0 Å². The SMILES string of the molecule is O=C(c1ccc(-c2ccc(OCC3CCN(CC4(C(F)(F)F)CCC4)CC3)c(F)c2)cc1F)N1CC[C@H](O)C1. The molecule has 0 bridgehead atoms. The van der Waals surface area contributed by atoms with Crippen molar-refractivity contribution in [3.05, 3.63) is 53.6 Å². The molecule has 5 rings (SSSR count). The number of piperidine rings is 1. The second-order valence-corrected chi connectivity index (χ2v) is 11.2. The number of hydrogen-bond acceptors (Lipinski definition) is 4. The molecule has 1 aliphatic carbocycles. The Bertz CT molecular complexity index is 1190. The van der Waals surface area contributed by atoms with Gasteiger partial charge in [0.05, 0.1) is 23.7 Å². The molecule has 2 aromatic carbocycles. The molecule has 2 heterocycles. The Morgan fingerprint density at radius 3 is 2.18 bits per heavy atom. The number of rotatable bonds is 7. The molecule has 10 heteroatoms. The number of nitrogens with zero attached hydrogens (tertiary/aromatic N) is 2. The van der Waals surface area contributed by atoms with Crippen molar-refractivity contribution in [2.75, 3.05) is 39.3 Å². The number of benzene rings is 2. The van der Waals surface area contributed by atoms with Crippen LogP contribution in [-0.2, 0) is 0 Å². The second-order valence-electron chi connectivity index (χ2n) is 11.2. The van der Waals surface area contributed by atoms with Crippen LogP contribution in [0.1, 0.15) is 48.9 Å². The summed E-state index contributed by atoms with van der Waals surface area (Å²) in [6, 6.07) is 8.46. The summed E-state index contributed by atoms with van der Waals surface area (Å²) in [5.41, 5.74) is -0.818. The van der Waals surface area contributed by atoms with Gasteiger partial charge in [0.25, 0.3) is 5.91 Å². The molecular formula is C29H33F5N2O3. The van der Waals surface area contributed by atoms with E-state index in [2.05, 4.69) is 0 Å². The topological polar surface area (TPSA) is 53.0 Å². The molecule has 1 amide bonds. The average molecular weight is 553 g/mol. The van der Waals surface area contributed by atoms with Gasteiger partial charge in [-0.15, -0.1) is 0 Å². The molecule has 3 fully saturated rings. The maximum absolute atomic E-state index is 14.8. The largest absolute Gasteiger partial charge is 0.490 e. The number of carbonyl (C=O) groups excluding carboxylic acids is 1. The lowest BCUT2D eigenvalue weighted by atomic mass is 9.67. The smallest absolute Gasteiger partial charge is 0.395 e. The molecule has 2 saturated heterocycles. The van der Waals surface area contributed by atoms with E-state index in [1.807, 2.05) is 4.90 Å². The summed E-state index contributed by atoms with van der Waals surface area (Å²) in [5, 5.41) is 9.63. The van der Waals surface area contributed by atoms with Gasteiger partial charge in [0.15, 0.2) is 11.6 Å². The highest BCUT2D eigenvalue weighted by molar-refractivity contribution is 5.95. The number of halogens is 5. The van der Waals surface area contributed by atoms with Gasteiger partial charge in [-0.2, -0.15) is 13.2 Å². The van der Waals surface area contributed by atoms with Crippen LogP contribution >= 0.6 is 0 Å². The van der Waals surface area contributed by atoms with E-state index < -0.39 is 35.2 Å². The first-order chi connectivity index (χ1) is 18.5. The van der Waals surface area contributed by atoms with E-state index in [9.17, 15) is 31.9 Å². The summed E-state index contributed by atoms with van der Waals surface area (Å²) in [5.74, 6) is -1.62. The highest BCUT2D eigenvalue weighted by Crippen LogP contribution is 2.53. The first-order valence-corrected chi connectivity index (χ1v) is 13.5. The van der Waals surface area contributed by atoms with E-state index in [4.69, 9.17) is 4.74 Å². The number of amides is 1. The molecule has 2 aliphatic heterocycles. The standard InChI is InChI=1S/C29H33F5N2O3/c30-24-14-20(2-4-23(24)27(38)36-13-8-22(37)16-36)21-3-5-26(25(31)15-21)39-17-19-6-11-35(12-7-19)18-28(9-1-10-28)29(32,33)34/h2-5,14-15,19,22,37H,1,6-13,16-18H2/t22-/m0/s1. The highest BCUT2D eigenvalue weighted by atomic mass is 19.4. The van der Waals surface area contributed by atoms with Gasteiger partial charge in [-0.3, -0.25) is 4.79 Å². The van der Waals surface area contributed by atoms with Crippen LogP contribution in [-0.4, -0.2) is 72.4 Å². The summed E-state index contributed by atoms with van der Waals surface area (Å²) in [6.07, 6.45) is -1.91. The van der Waals surface area contributed by atoms with Crippen LogP contribution in [0.15, 0.2) is 36.4 Å². The zero-order valence-electron chi connectivity index (χ0n) is 21.7. The fraction of sp³-hybridized carbons (Fsp3) is 0.552. The van der Waals surface area contributed by atoms with Crippen molar-refractivity contribution in [1.82, 2.24) is 9.80 Å². The number of aliphatic hydroxyl groups is 1. The van der Waals surface area contributed by atoms with E-state index in [1.165, 1.54) is 29.2 Å². The maximum Gasteiger partial charge on any atom is 0.395 e. The number of hydrogen-bond donors (Lipinski definition) is 1. The van der Waals surface area contributed by atoms with Gasteiger partial charge in [-0.25, -0.2) is 8.78 Å². The van der Waals surface area contributed by atoms with Crippen molar-refractivity contribution in [2.24, 2.45) is 11.3 Å². The predicted octanol–water partition coefficient (Wildman–Crippen LogP) is 5.66. The van der Waals surface area contributed by atoms with Crippen molar-refractivity contribution < 1.29 is 36.6 Å². The van der Waals surface area contributed by atoms with E-state index in [0.717, 1.165) is 0 Å². The Hall–Kier alpha value is -2.72. The van der Waals surface area contributed by atoms with Gasteiger partial charge >= 0.3 is 6.18 Å². The van der Waals surface area contributed by atoms with E-state index >= 15 is 0 Å². The number of ether oxygens (including phenoxy) is 1. The third kappa shape index (κ3) is 5.91. The molecule has 0 spiro atoms. The molecule has 212 valence electrons.